The minimum Gasteiger partial charge on any atom is -0.316 e. The minimum absolute atomic E-state index is 0. The third kappa shape index (κ3) is 5.18. The summed E-state index contributed by atoms with van der Waals surface area (Å²) in [6.45, 7) is 14.3. The van der Waals surface area contributed by atoms with Gasteiger partial charge in [0.15, 0.2) is 0 Å². The Labute approximate surface area is 147 Å². The van der Waals surface area contributed by atoms with Crippen LogP contribution < -0.4 is 5.32 Å². The van der Waals surface area contributed by atoms with Crippen molar-refractivity contribution in [2.75, 3.05) is 26.2 Å². The Morgan fingerprint density at radius 1 is 0.957 bits per heavy atom. The third-order valence-electron chi connectivity index (χ3n) is 4.07. The van der Waals surface area contributed by atoms with Crippen LogP contribution in [0.4, 0.5) is 0 Å². The Morgan fingerprint density at radius 3 is 1.70 bits per heavy atom. The average Bonchev–Trinajstić information content (AvgIpc) is 2.35. The SMILES string of the molecule is CC1(C)CNC1.Cc1ccc(S(=O)(=O)N2CC(C)(C)C2)cc1.Cl. The molecule has 4 nitrogen and oxygen atoms in total. The van der Waals surface area contributed by atoms with Crippen LogP contribution in [-0.2, 0) is 10.0 Å². The fourth-order valence-corrected chi connectivity index (χ4v) is 4.38. The van der Waals surface area contributed by atoms with Crippen molar-refractivity contribution in [2.45, 2.75) is 39.5 Å². The van der Waals surface area contributed by atoms with E-state index >= 15 is 0 Å². The zero-order valence-corrected chi connectivity index (χ0v) is 16.4. The van der Waals surface area contributed by atoms with Crippen LogP contribution in [0.1, 0.15) is 33.3 Å². The Morgan fingerprint density at radius 2 is 1.39 bits per heavy atom. The molecule has 0 bridgehead atoms. The quantitative estimate of drug-likeness (QED) is 0.881. The number of hydrogen-bond donors (Lipinski definition) is 1. The summed E-state index contributed by atoms with van der Waals surface area (Å²) in [5, 5.41) is 3.20. The molecule has 6 heteroatoms. The highest BCUT2D eigenvalue weighted by Crippen LogP contribution is 2.33. The molecular weight excluding hydrogens is 332 g/mol. The number of sulfonamides is 1. The first-order valence-electron chi connectivity index (χ1n) is 7.80. The van der Waals surface area contributed by atoms with Gasteiger partial charge in [0.05, 0.1) is 4.90 Å². The lowest BCUT2D eigenvalue weighted by molar-refractivity contribution is 0.111. The van der Waals surface area contributed by atoms with Gasteiger partial charge in [0.2, 0.25) is 10.0 Å². The number of hydrogen-bond acceptors (Lipinski definition) is 3. The number of benzene rings is 1. The van der Waals surface area contributed by atoms with E-state index < -0.39 is 10.0 Å². The molecule has 132 valence electrons. The molecule has 2 aliphatic heterocycles. The molecule has 1 aromatic carbocycles. The highest BCUT2D eigenvalue weighted by atomic mass is 35.5. The molecule has 2 saturated heterocycles. The first kappa shape index (κ1) is 20.4. The molecule has 2 aliphatic rings. The van der Waals surface area contributed by atoms with Gasteiger partial charge in [0, 0.05) is 26.2 Å². The second-order valence-electron chi connectivity index (χ2n) is 8.02. The van der Waals surface area contributed by atoms with E-state index in [1.54, 1.807) is 12.1 Å². The average molecular weight is 361 g/mol. The zero-order valence-electron chi connectivity index (χ0n) is 14.7. The molecule has 0 aromatic heterocycles. The molecular formula is C17H29ClN2O2S. The van der Waals surface area contributed by atoms with Crippen molar-refractivity contribution in [1.29, 1.82) is 0 Å². The number of halogens is 1. The first-order chi connectivity index (χ1) is 10.0. The van der Waals surface area contributed by atoms with Crippen molar-refractivity contribution in [3.05, 3.63) is 29.8 Å². The second-order valence-corrected chi connectivity index (χ2v) is 9.96. The maximum atomic E-state index is 12.1. The molecule has 3 rings (SSSR count). The number of aryl methyl sites for hydroxylation is 1. The van der Waals surface area contributed by atoms with Gasteiger partial charge in [-0.1, -0.05) is 45.4 Å². The van der Waals surface area contributed by atoms with Gasteiger partial charge in [-0.15, -0.1) is 12.4 Å². The highest BCUT2D eigenvalue weighted by Gasteiger charge is 2.41. The zero-order chi connectivity index (χ0) is 16.6. The van der Waals surface area contributed by atoms with Gasteiger partial charge >= 0.3 is 0 Å². The van der Waals surface area contributed by atoms with Crippen LogP contribution in [0.3, 0.4) is 0 Å². The van der Waals surface area contributed by atoms with Crippen LogP contribution in [0.2, 0.25) is 0 Å². The van der Waals surface area contributed by atoms with Gasteiger partial charge in [0.1, 0.15) is 0 Å². The summed E-state index contributed by atoms with van der Waals surface area (Å²) < 4.78 is 25.8. The van der Waals surface area contributed by atoms with Gasteiger partial charge < -0.3 is 5.32 Å². The van der Waals surface area contributed by atoms with Crippen LogP contribution in [0.25, 0.3) is 0 Å². The third-order valence-corrected chi connectivity index (χ3v) is 5.88. The maximum Gasteiger partial charge on any atom is 0.243 e. The van der Waals surface area contributed by atoms with Crippen LogP contribution in [0.15, 0.2) is 29.2 Å². The van der Waals surface area contributed by atoms with E-state index in [2.05, 4.69) is 33.0 Å². The topological polar surface area (TPSA) is 49.4 Å². The van der Waals surface area contributed by atoms with Crippen LogP contribution >= 0.6 is 12.4 Å². The normalized spacial score (nSPS) is 21.8. The van der Waals surface area contributed by atoms with Crippen molar-refractivity contribution >= 4 is 22.4 Å². The van der Waals surface area contributed by atoms with E-state index in [0.717, 1.165) is 5.56 Å². The van der Waals surface area contributed by atoms with Crippen molar-refractivity contribution in [1.82, 2.24) is 9.62 Å². The smallest absolute Gasteiger partial charge is 0.243 e. The summed E-state index contributed by atoms with van der Waals surface area (Å²) >= 11 is 0. The van der Waals surface area contributed by atoms with Gasteiger partial charge in [-0.05, 0) is 29.9 Å². The largest absolute Gasteiger partial charge is 0.316 e. The Hall–Kier alpha value is -0.620. The van der Waals surface area contributed by atoms with E-state index in [-0.39, 0.29) is 17.8 Å². The maximum absolute atomic E-state index is 12.1. The van der Waals surface area contributed by atoms with Crippen molar-refractivity contribution < 1.29 is 8.42 Å². The van der Waals surface area contributed by atoms with Crippen LogP contribution in [0.5, 0.6) is 0 Å². The lowest BCUT2D eigenvalue weighted by Gasteiger charge is -2.44. The predicted octanol–water partition coefficient (Wildman–Crippen LogP) is 3.06. The summed E-state index contributed by atoms with van der Waals surface area (Å²) in [5.41, 5.74) is 1.81. The van der Waals surface area contributed by atoms with E-state index in [1.807, 2.05) is 19.1 Å². The number of nitrogens with one attached hydrogen (secondary N) is 1. The first-order valence-corrected chi connectivity index (χ1v) is 9.24. The van der Waals surface area contributed by atoms with Gasteiger partial charge in [0.25, 0.3) is 0 Å². The Bertz CT molecular complexity index is 610. The fraction of sp³-hybridized carbons (Fsp3) is 0.647. The number of nitrogens with zero attached hydrogens (tertiary/aromatic N) is 1. The van der Waals surface area contributed by atoms with Crippen molar-refractivity contribution in [3.63, 3.8) is 0 Å². The van der Waals surface area contributed by atoms with Gasteiger partial charge in [-0.25, -0.2) is 8.42 Å². The predicted molar refractivity (Wildman–Crippen MR) is 97.6 cm³/mol. The molecule has 0 saturated carbocycles. The summed E-state index contributed by atoms with van der Waals surface area (Å²) in [4.78, 5) is 0.397. The Balaban J connectivity index is 0.000000320. The van der Waals surface area contributed by atoms with Crippen molar-refractivity contribution in [2.24, 2.45) is 10.8 Å². The van der Waals surface area contributed by atoms with Crippen LogP contribution in [-0.4, -0.2) is 38.9 Å². The second kappa shape index (κ2) is 7.09. The fourth-order valence-electron chi connectivity index (χ4n) is 2.56. The molecule has 0 unspecified atom stereocenters. The molecule has 1 aromatic rings. The molecule has 0 amide bonds. The molecule has 0 atom stereocenters. The lowest BCUT2D eigenvalue weighted by Crippen LogP contribution is -2.55. The molecule has 0 aliphatic carbocycles. The summed E-state index contributed by atoms with van der Waals surface area (Å²) in [6, 6.07) is 7.02. The molecule has 2 fully saturated rings. The lowest BCUT2D eigenvalue weighted by atomic mass is 9.87. The van der Waals surface area contributed by atoms with Gasteiger partial charge in [-0.2, -0.15) is 4.31 Å². The van der Waals surface area contributed by atoms with E-state index in [9.17, 15) is 8.42 Å². The standard InChI is InChI=1S/C12H17NO2S.C5H11N.ClH/c1-10-4-6-11(7-5-10)16(14,15)13-8-12(2,3)9-13;1-5(2)3-6-4-5;/h4-7H,8-9H2,1-3H3;6H,3-4H2,1-2H3;1H. The Kier molecular flexibility index (Phi) is 6.30. The molecule has 2 heterocycles. The van der Waals surface area contributed by atoms with Gasteiger partial charge in [-0.3, -0.25) is 0 Å². The van der Waals surface area contributed by atoms with E-state index in [4.69, 9.17) is 0 Å². The summed E-state index contributed by atoms with van der Waals surface area (Å²) in [6.07, 6.45) is 0. The van der Waals surface area contributed by atoms with Crippen molar-refractivity contribution in [3.8, 4) is 0 Å². The van der Waals surface area contributed by atoms with E-state index in [1.165, 1.54) is 17.4 Å². The highest BCUT2D eigenvalue weighted by molar-refractivity contribution is 7.89. The van der Waals surface area contributed by atoms with E-state index in [0.29, 0.717) is 23.4 Å². The summed E-state index contributed by atoms with van der Waals surface area (Å²) in [5.74, 6) is 0. The monoisotopic (exact) mass is 360 g/mol. The molecule has 0 spiro atoms. The molecule has 23 heavy (non-hydrogen) atoms. The number of rotatable bonds is 2. The molecule has 1 N–H and O–H groups in total. The summed E-state index contributed by atoms with van der Waals surface area (Å²) in [7, 11) is -3.26. The van der Waals surface area contributed by atoms with Crippen LogP contribution in [0, 0.1) is 17.8 Å². The molecule has 0 radical (unpaired) electrons. The minimum atomic E-state index is -3.26.